The van der Waals surface area contributed by atoms with Crippen LogP contribution in [0.25, 0.3) is 0 Å². The molecule has 0 unspecified atom stereocenters. The molecular weight excluding hydrogens is 358 g/mol. The average molecular weight is 377 g/mol. The zero-order valence-corrected chi connectivity index (χ0v) is 15.5. The first kappa shape index (κ1) is 17.3. The number of rotatable bonds is 4. The Bertz CT molecular complexity index is 955. The van der Waals surface area contributed by atoms with Gasteiger partial charge in [0.05, 0.1) is 11.5 Å². The number of carbonyl (C=O) groups is 2. The predicted octanol–water partition coefficient (Wildman–Crippen LogP) is 4.87. The third-order valence-electron chi connectivity index (χ3n) is 4.48. The molecule has 27 heavy (non-hydrogen) atoms. The van der Waals surface area contributed by atoms with Crippen molar-refractivity contribution < 1.29 is 9.59 Å². The molecule has 3 aromatic rings. The molecule has 1 aliphatic rings. The summed E-state index contributed by atoms with van der Waals surface area (Å²) < 4.78 is 0. The number of thiophene rings is 1. The van der Waals surface area contributed by atoms with Crippen molar-refractivity contribution in [3.63, 3.8) is 0 Å². The van der Waals surface area contributed by atoms with Gasteiger partial charge < -0.3 is 10.2 Å². The van der Waals surface area contributed by atoms with Crippen molar-refractivity contribution in [2.24, 2.45) is 0 Å². The molecule has 0 fully saturated rings. The minimum atomic E-state index is -0.273. The van der Waals surface area contributed by atoms with E-state index in [-0.39, 0.29) is 11.9 Å². The quantitative estimate of drug-likeness (QED) is 0.681. The molecule has 1 aromatic heterocycles. The lowest BCUT2D eigenvalue weighted by Crippen LogP contribution is -2.34. The summed E-state index contributed by atoms with van der Waals surface area (Å²) in [5, 5.41) is 8.37. The molecule has 0 saturated heterocycles. The lowest BCUT2D eigenvalue weighted by molar-refractivity contribution is -0.119. The highest BCUT2D eigenvalue weighted by Gasteiger charge is 2.24. The molecule has 2 N–H and O–H groups in total. The van der Waals surface area contributed by atoms with Crippen molar-refractivity contribution in [1.29, 1.82) is 0 Å². The summed E-state index contributed by atoms with van der Waals surface area (Å²) in [5.41, 5.74) is 3.80. The van der Waals surface area contributed by atoms with Crippen molar-refractivity contribution in [2.45, 2.75) is 19.4 Å². The van der Waals surface area contributed by atoms with Gasteiger partial charge in [0, 0.05) is 17.8 Å². The van der Waals surface area contributed by atoms with Gasteiger partial charge in [0.2, 0.25) is 5.91 Å². The van der Waals surface area contributed by atoms with Crippen LogP contribution in [-0.4, -0.2) is 11.9 Å². The molecule has 0 aliphatic carbocycles. The van der Waals surface area contributed by atoms with Crippen molar-refractivity contribution >= 4 is 39.7 Å². The summed E-state index contributed by atoms with van der Waals surface area (Å²) in [6, 6.07) is 19.1. The minimum Gasteiger partial charge on any atom is -0.308 e. The predicted molar refractivity (Wildman–Crippen MR) is 109 cm³/mol. The highest BCUT2D eigenvalue weighted by Crippen LogP contribution is 2.31. The van der Waals surface area contributed by atoms with E-state index < -0.39 is 0 Å². The number of aryl methyl sites for hydroxylation is 1. The molecule has 0 radical (unpaired) electrons. The van der Waals surface area contributed by atoms with E-state index in [1.807, 2.05) is 70.9 Å². The van der Waals surface area contributed by atoms with Crippen molar-refractivity contribution in [3.8, 4) is 0 Å². The molecule has 6 heteroatoms. The third-order valence-corrected chi connectivity index (χ3v) is 5.26. The topological polar surface area (TPSA) is 61.4 Å². The normalized spacial score (nSPS) is 13.2. The number of fused-ring (bicyclic) bond motifs is 1. The highest BCUT2D eigenvalue weighted by molar-refractivity contribution is 7.14. The van der Waals surface area contributed by atoms with E-state index in [0.717, 1.165) is 27.5 Å². The second kappa shape index (κ2) is 7.63. The van der Waals surface area contributed by atoms with Gasteiger partial charge in [-0.15, -0.1) is 11.3 Å². The minimum absolute atomic E-state index is 0.127. The molecule has 5 nitrogen and oxygen atoms in total. The fourth-order valence-corrected chi connectivity index (χ4v) is 3.81. The van der Waals surface area contributed by atoms with Gasteiger partial charge in [-0.25, -0.2) is 4.79 Å². The maximum absolute atomic E-state index is 12.4. The summed E-state index contributed by atoms with van der Waals surface area (Å²) >= 11 is 1.47. The Morgan fingerprint density at radius 1 is 1.00 bits per heavy atom. The van der Waals surface area contributed by atoms with Crippen LogP contribution in [0, 0.1) is 0 Å². The van der Waals surface area contributed by atoms with E-state index in [1.54, 1.807) is 0 Å². The monoisotopic (exact) mass is 377 g/mol. The molecule has 1 aliphatic heterocycles. The van der Waals surface area contributed by atoms with Crippen molar-refractivity contribution in [1.82, 2.24) is 0 Å². The van der Waals surface area contributed by atoms with Crippen LogP contribution in [0.2, 0.25) is 0 Å². The third kappa shape index (κ3) is 4.01. The first-order chi connectivity index (χ1) is 13.2. The van der Waals surface area contributed by atoms with Gasteiger partial charge in [0.15, 0.2) is 0 Å². The average Bonchev–Trinajstić information content (AvgIpc) is 3.18. The number of anilines is 3. The molecule has 4 rings (SSSR count). The number of carbonyl (C=O) groups excluding carboxylic acids is 2. The molecule has 2 aromatic carbocycles. The van der Waals surface area contributed by atoms with Crippen LogP contribution < -0.4 is 15.5 Å². The zero-order chi connectivity index (χ0) is 18.6. The van der Waals surface area contributed by atoms with Crippen LogP contribution in [0.3, 0.4) is 0 Å². The Morgan fingerprint density at radius 2 is 1.85 bits per heavy atom. The molecule has 2 heterocycles. The van der Waals surface area contributed by atoms with Gasteiger partial charge in [-0.3, -0.25) is 10.1 Å². The Balaban J connectivity index is 1.51. The van der Waals surface area contributed by atoms with Crippen LogP contribution >= 0.6 is 11.3 Å². The standard InChI is InChI=1S/C21H19N3O2S/c25-20-11-8-16-13-17(22-21(26)23-19-7-4-12-27-19)9-10-18(16)24(20)14-15-5-2-1-3-6-15/h1-7,9-10,12-13H,8,11,14H2,(H2,22,23,26). The largest absolute Gasteiger partial charge is 0.324 e. The van der Waals surface area contributed by atoms with E-state index >= 15 is 0 Å². The summed E-state index contributed by atoms with van der Waals surface area (Å²) in [6.07, 6.45) is 1.16. The second-order valence-corrected chi connectivity index (χ2v) is 7.31. The van der Waals surface area contributed by atoms with Crippen LogP contribution in [0.15, 0.2) is 66.0 Å². The van der Waals surface area contributed by atoms with Gasteiger partial charge in [-0.1, -0.05) is 30.3 Å². The SMILES string of the molecule is O=C(Nc1ccc2c(c1)CCC(=O)N2Cc1ccccc1)Nc1cccs1. The first-order valence-electron chi connectivity index (χ1n) is 8.78. The first-order valence-corrected chi connectivity index (χ1v) is 9.66. The van der Waals surface area contributed by atoms with Gasteiger partial charge in [-0.05, 0) is 53.3 Å². The fraction of sp³-hybridized carbons (Fsp3) is 0.143. The zero-order valence-electron chi connectivity index (χ0n) is 14.6. The molecule has 3 amide bonds. The number of nitrogens with zero attached hydrogens (tertiary/aromatic N) is 1. The maximum Gasteiger partial charge on any atom is 0.324 e. The number of hydrogen-bond donors (Lipinski definition) is 2. The van der Waals surface area contributed by atoms with E-state index in [0.29, 0.717) is 19.4 Å². The summed E-state index contributed by atoms with van der Waals surface area (Å²) in [6.45, 7) is 0.554. The van der Waals surface area contributed by atoms with E-state index in [2.05, 4.69) is 10.6 Å². The molecular formula is C21H19N3O2S. The van der Waals surface area contributed by atoms with Crippen molar-refractivity contribution in [2.75, 3.05) is 15.5 Å². The molecule has 0 bridgehead atoms. The smallest absolute Gasteiger partial charge is 0.308 e. The fourth-order valence-electron chi connectivity index (χ4n) is 3.20. The Kier molecular flexibility index (Phi) is 4.89. The number of nitrogens with one attached hydrogen (secondary N) is 2. The van der Waals surface area contributed by atoms with Crippen LogP contribution in [0.1, 0.15) is 17.5 Å². The lowest BCUT2D eigenvalue weighted by Gasteiger charge is -2.30. The number of amides is 3. The van der Waals surface area contributed by atoms with Gasteiger partial charge in [0.25, 0.3) is 0 Å². The molecule has 0 spiro atoms. The second-order valence-electron chi connectivity index (χ2n) is 6.37. The van der Waals surface area contributed by atoms with E-state index in [1.165, 1.54) is 11.3 Å². The summed E-state index contributed by atoms with van der Waals surface area (Å²) in [4.78, 5) is 26.4. The number of hydrogen-bond acceptors (Lipinski definition) is 3. The molecule has 0 atom stereocenters. The van der Waals surface area contributed by atoms with Gasteiger partial charge >= 0.3 is 6.03 Å². The highest BCUT2D eigenvalue weighted by atomic mass is 32.1. The Morgan fingerprint density at radius 3 is 2.63 bits per heavy atom. The van der Waals surface area contributed by atoms with Crippen LogP contribution in [0.4, 0.5) is 21.2 Å². The Labute approximate surface area is 161 Å². The lowest BCUT2D eigenvalue weighted by atomic mass is 9.99. The summed E-state index contributed by atoms with van der Waals surface area (Å²) in [5.74, 6) is 0.127. The van der Waals surface area contributed by atoms with Crippen LogP contribution in [0.5, 0.6) is 0 Å². The number of urea groups is 1. The number of benzene rings is 2. The van der Waals surface area contributed by atoms with E-state index in [9.17, 15) is 9.59 Å². The van der Waals surface area contributed by atoms with Crippen LogP contribution in [-0.2, 0) is 17.8 Å². The van der Waals surface area contributed by atoms with Crippen molar-refractivity contribution in [3.05, 3.63) is 77.2 Å². The van der Waals surface area contributed by atoms with E-state index in [4.69, 9.17) is 0 Å². The molecule has 0 saturated carbocycles. The maximum atomic E-state index is 12.4. The van der Waals surface area contributed by atoms with Gasteiger partial charge in [-0.2, -0.15) is 0 Å². The molecule has 136 valence electrons. The summed E-state index contributed by atoms with van der Waals surface area (Å²) in [7, 11) is 0. The van der Waals surface area contributed by atoms with Gasteiger partial charge in [0.1, 0.15) is 0 Å². The Hall–Kier alpha value is -3.12.